The van der Waals surface area contributed by atoms with Gasteiger partial charge in [0, 0.05) is 25.8 Å². The number of pyridine rings is 1. The van der Waals surface area contributed by atoms with Crippen LogP contribution < -0.4 is 10.2 Å². The third-order valence-electron chi connectivity index (χ3n) is 3.03. The molecule has 1 aliphatic heterocycles. The molecule has 18 heavy (non-hydrogen) atoms. The van der Waals surface area contributed by atoms with Gasteiger partial charge in [-0.3, -0.25) is 0 Å². The van der Waals surface area contributed by atoms with Gasteiger partial charge in [0.2, 0.25) is 0 Å². The van der Waals surface area contributed by atoms with Gasteiger partial charge in [0.05, 0.1) is 11.6 Å². The lowest BCUT2D eigenvalue weighted by Crippen LogP contribution is -2.57. The van der Waals surface area contributed by atoms with Crippen molar-refractivity contribution < 1.29 is 13.2 Å². The number of anilines is 1. The van der Waals surface area contributed by atoms with Crippen LogP contribution >= 0.6 is 0 Å². The van der Waals surface area contributed by atoms with Crippen LogP contribution in [0.25, 0.3) is 0 Å². The summed E-state index contributed by atoms with van der Waals surface area (Å²) in [7, 11) is 0. The zero-order valence-corrected chi connectivity index (χ0v) is 10.2. The molecule has 0 saturated carbocycles. The molecule has 100 valence electrons. The Morgan fingerprint density at radius 2 is 2.17 bits per heavy atom. The summed E-state index contributed by atoms with van der Waals surface area (Å²) in [5, 5.41) is 3.12. The molecule has 1 aliphatic rings. The monoisotopic (exact) mass is 259 g/mol. The highest BCUT2D eigenvalue weighted by Gasteiger charge is 2.32. The lowest BCUT2D eigenvalue weighted by molar-refractivity contribution is -0.137. The van der Waals surface area contributed by atoms with Gasteiger partial charge in [-0.15, -0.1) is 0 Å². The number of nitrogens with zero attached hydrogens (tertiary/aromatic N) is 2. The van der Waals surface area contributed by atoms with Gasteiger partial charge >= 0.3 is 6.18 Å². The number of rotatable bonds is 4. The Bertz CT molecular complexity index is 402. The Hall–Kier alpha value is -1.30. The zero-order chi connectivity index (χ0) is 13.2. The van der Waals surface area contributed by atoms with Crippen LogP contribution in [0.5, 0.6) is 0 Å². The van der Waals surface area contributed by atoms with Crippen LogP contribution in [0, 0.1) is 0 Å². The minimum absolute atomic E-state index is 0.251. The van der Waals surface area contributed by atoms with Crippen molar-refractivity contribution in [3.8, 4) is 0 Å². The van der Waals surface area contributed by atoms with Crippen molar-refractivity contribution in [1.29, 1.82) is 0 Å². The first-order valence-corrected chi connectivity index (χ1v) is 6.03. The number of hydrogen-bond donors (Lipinski definition) is 1. The van der Waals surface area contributed by atoms with Crippen molar-refractivity contribution in [2.45, 2.75) is 25.6 Å². The van der Waals surface area contributed by atoms with Gasteiger partial charge in [0.1, 0.15) is 5.82 Å². The van der Waals surface area contributed by atoms with Crippen LogP contribution in [0.15, 0.2) is 18.3 Å². The third kappa shape index (κ3) is 2.75. The standard InChI is InChI=1S/C12H16F3N3/c1-2-5-18(10-7-16-8-10)11-6-9(3-4-17-11)12(13,14)15/h3-4,6,10,16H,2,5,7-8H2,1H3. The molecule has 0 unspecified atom stereocenters. The Morgan fingerprint density at radius 1 is 1.44 bits per heavy atom. The summed E-state index contributed by atoms with van der Waals surface area (Å²) in [6.07, 6.45) is -2.20. The predicted molar refractivity (Wildman–Crippen MR) is 63.5 cm³/mol. The maximum atomic E-state index is 12.7. The van der Waals surface area contributed by atoms with Gasteiger partial charge in [0.25, 0.3) is 0 Å². The van der Waals surface area contributed by atoms with Crippen molar-refractivity contribution in [1.82, 2.24) is 10.3 Å². The second-order valence-corrected chi connectivity index (χ2v) is 4.41. The van der Waals surface area contributed by atoms with Crippen molar-refractivity contribution in [2.24, 2.45) is 0 Å². The van der Waals surface area contributed by atoms with E-state index in [-0.39, 0.29) is 6.04 Å². The smallest absolute Gasteiger partial charge is 0.351 e. The summed E-state index contributed by atoms with van der Waals surface area (Å²) < 4.78 is 38.0. The summed E-state index contributed by atoms with van der Waals surface area (Å²) in [4.78, 5) is 6.02. The van der Waals surface area contributed by atoms with Crippen LogP contribution in [0.2, 0.25) is 0 Å². The molecule has 1 aromatic rings. The molecular weight excluding hydrogens is 243 g/mol. The average Bonchev–Trinajstić information content (AvgIpc) is 2.25. The molecule has 6 heteroatoms. The summed E-state index contributed by atoms with van der Waals surface area (Å²) in [6.45, 7) is 4.34. The number of nitrogens with one attached hydrogen (secondary N) is 1. The number of alkyl halides is 3. The highest BCUT2D eigenvalue weighted by atomic mass is 19.4. The molecule has 1 aromatic heterocycles. The Morgan fingerprint density at radius 3 is 2.67 bits per heavy atom. The van der Waals surface area contributed by atoms with Crippen molar-refractivity contribution in [3.63, 3.8) is 0 Å². The fourth-order valence-corrected chi connectivity index (χ4v) is 1.97. The minimum Gasteiger partial charge on any atom is -0.351 e. The molecule has 2 heterocycles. The highest BCUT2D eigenvalue weighted by molar-refractivity contribution is 5.43. The van der Waals surface area contributed by atoms with E-state index in [4.69, 9.17) is 0 Å². The summed E-state index contributed by atoms with van der Waals surface area (Å²) >= 11 is 0. The van der Waals surface area contributed by atoms with E-state index in [0.29, 0.717) is 5.82 Å². The number of aromatic nitrogens is 1. The Labute approximate surface area is 104 Å². The average molecular weight is 259 g/mol. The molecular formula is C12H16F3N3. The fraction of sp³-hybridized carbons (Fsp3) is 0.583. The molecule has 0 bridgehead atoms. The summed E-state index contributed by atoms with van der Waals surface area (Å²) in [5.41, 5.74) is -0.638. The van der Waals surface area contributed by atoms with Crippen molar-refractivity contribution in [2.75, 3.05) is 24.5 Å². The molecule has 3 nitrogen and oxygen atoms in total. The first kappa shape index (κ1) is 13.1. The molecule has 1 saturated heterocycles. The molecule has 0 atom stereocenters. The Balaban J connectivity index is 2.24. The first-order chi connectivity index (χ1) is 8.52. The second-order valence-electron chi connectivity index (χ2n) is 4.41. The first-order valence-electron chi connectivity index (χ1n) is 6.03. The highest BCUT2D eigenvalue weighted by Crippen LogP contribution is 2.31. The van der Waals surface area contributed by atoms with E-state index >= 15 is 0 Å². The van der Waals surface area contributed by atoms with Gasteiger partial charge in [0.15, 0.2) is 0 Å². The summed E-state index contributed by atoms with van der Waals surface area (Å²) in [6, 6.07) is 2.39. The molecule has 0 aromatic carbocycles. The normalized spacial score (nSPS) is 16.4. The lowest BCUT2D eigenvalue weighted by atomic mass is 10.1. The van der Waals surface area contributed by atoms with E-state index in [1.165, 1.54) is 6.20 Å². The Kier molecular flexibility index (Phi) is 3.75. The number of hydrogen-bond acceptors (Lipinski definition) is 3. The largest absolute Gasteiger partial charge is 0.416 e. The van der Waals surface area contributed by atoms with Gasteiger partial charge in [-0.1, -0.05) is 6.92 Å². The maximum Gasteiger partial charge on any atom is 0.416 e. The zero-order valence-electron chi connectivity index (χ0n) is 10.2. The van der Waals surface area contributed by atoms with Gasteiger partial charge in [-0.25, -0.2) is 4.98 Å². The van der Waals surface area contributed by atoms with E-state index in [2.05, 4.69) is 10.3 Å². The van der Waals surface area contributed by atoms with Crippen LogP contribution in [0.4, 0.5) is 19.0 Å². The van der Waals surface area contributed by atoms with Gasteiger partial charge in [-0.2, -0.15) is 13.2 Å². The molecule has 0 aliphatic carbocycles. The minimum atomic E-state index is -4.31. The van der Waals surface area contributed by atoms with Gasteiger partial charge in [-0.05, 0) is 18.6 Å². The second kappa shape index (κ2) is 5.14. The van der Waals surface area contributed by atoms with Crippen LogP contribution in [0.3, 0.4) is 0 Å². The van der Waals surface area contributed by atoms with Crippen molar-refractivity contribution in [3.05, 3.63) is 23.9 Å². The van der Waals surface area contributed by atoms with E-state index in [0.717, 1.165) is 38.2 Å². The quantitative estimate of drug-likeness (QED) is 0.899. The van der Waals surface area contributed by atoms with Crippen molar-refractivity contribution >= 4 is 5.82 Å². The van der Waals surface area contributed by atoms with Crippen LogP contribution in [-0.2, 0) is 6.18 Å². The predicted octanol–water partition coefficient (Wildman–Crippen LogP) is 2.29. The van der Waals surface area contributed by atoms with E-state index < -0.39 is 11.7 Å². The third-order valence-corrected chi connectivity index (χ3v) is 3.03. The topological polar surface area (TPSA) is 28.2 Å². The van der Waals surface area contributed by atoms with Crippen LogP contribution in [0.1, 0.15) is 18.9 Å². The molecule has 2 rings (SSSR count). The van der Waals surface area contributed by atoms with Gasteiger partial charge < -0.3 is 10.2 Å². The summed E-state index contributed by atoms with van der Waals surface area (Å²) in [5.74, 6) is 0.415. The van der Waals surface area contributed by atoms with E-state index in [1.54, 1.807) is 0 Å². The lowest BCUT2D eigenvalue weighted by Gasteiger charge is -2.39. The van der Waals surface area contributed by atoms with E-state index in [1.807, 2.05) is 11.8 Å². The SMILES string of the molecule is CCCN(c1cc(C(F)(F)F)ccn1)C1CNC1. The molecule has 1 N–H and O–H groups in total. The molecule has 0 radical (unpaired) electrons. The maximum absolute atomic E-state index is 12.7. The molecule has 0 amide bonds. The fourth-order valence-electron chi connectivity index (χ4n) is 1.97. The molecule has 1 fully saturated rings. The molecule has 0 spiro atoms. The van der Waals surface area contributed by atoms with E-state index in [9.17, 15) is 13.2 Å². The van der Waals surface area contributed by atoms with Crippen LogP contribution in [-0.4, -0.2) is 30.7 Å². The number of halogens is 3.